The van der Waals surface area contributed by atoms with Crippen LogP contribution in [-0.4, -0.2) is 4.98 Å². The van der Waals surface area contributed by atoms with Crippen molar-refractivity contribution in [3.05, 3.63) is 67.0 Å². The molecule has 0 bridgehead atoms. The summed E-state index contributed by atoms with van der Waals surface area (Å²) < 4.78 is 0. The maximum atomic E-state index is 4.24. The van der Waals surface area contributed by atoms with Gasteiger partial charge in [-0.25, -0.2) is 0 Å². The molecule has 0 amide bonds. The first-order valence-corrected chi connectivity index (χ1v) is 6.82. The number of aromatic nitrogens is 1. The van der Waals surface area contributed by atoms with Crippen molar-refractivity contribution < 1.29 is 0 Å². The third-order valence-corrected chi connectivity index (χ3v) is 4.26. The van der Waals surface area contributed by atoms with Crippen molar-refractivity contribution in [3.8, 4) is 22.3 Å². The van der Waals surface area contributed by atoms with Crippen LogP contribution in [0.5, 0.6) is 0 Å². The van der Waals surface area contributed by atoms with E-state index in [1.54, 1.807) is 0 Å². The molecule has 0 unspecified atom stereocenters. The summed E-state index contributed by atoms with van der Waals surface area (Å²) in [6, 6.07) is 19.8. The van der Waals surface area contributed by atoms with Crippen LogP contribution in [0.1, 0.15) is 0 Å². The fourth-order valence-corrected chi connectivity index (χ4v) is 3.37. The van der Waals surface area contributed by atoms with Gasteiger partial charge in [-0.1, -0.05) is 36.4 Å². The second kappa shape index (κ2) is 3.45. The number of hydrogen-bond donors (Lipinski definition) is 0. The van der Waals surface area contributed by atoms with E-state index in [-0.39, 0.29) is 0 Å². The van der Waals surface area contributed by atoms with E-state index in [0.29, 0.717) is 0 Å². The van der Waals surface area contributed by atoms with E-state index in [1.807, 2.05) is 12.4 Å². The van der Waals surface area contributed by atoms with Crippen molar-refractivity contribution >= 4 is 21.5 Å². The summed E-state index contributed by atoms with van der Waals surface area (Å²) in [6.45, 7) is 0. The summed E-state index contributed by atoms with van der Waals surface area (Å²) in [5.41, 5.74) is 5.37. The van der Waals surface area contributed by atoms with Gasteiger partial charge in [0, 0.05) is 17.8 Å². The predicted molar refractivity (Wildman–Crippen MR) is 83.7 cm³/mol. The molecule has 0 fully saturated rings. The Morgan fingerprint density at radius 1 is 0.600 bits per heavy atom. The van der Waals surface area contributed by atoms with Gasteiger partial charge in [0.15, 0.2) is 0 Å². The molecule has 4 aromatic rings. The number of rotatable bonds is 0. The molecule has 0 spiro atoms. The molecule has 0 atom stereocenters. The van der Waals surface area contributed by atoms with Gasteiger partial charge in [-0.3, -0.25) is 4.98 Å². The average Bonchev–Trinajstić information content (AvgIpc) is 2.82. The molecule has 20 heavy (non-hydrogen) atoms. The topological polar surface area (TPSA) is 12.9 Å². The SMILES string of the molecule is c1cc2c3c(cccc3c1)-c1cc3cnccc3cc1-2. The van der Waals surface area contributed by atoms with Crippen molar-refractivity contribution in [1.82, 2.24) is 4.98 Å². The molecule has 1 aliphatic rings. The third-order valence-electron chi connectivity index (χ3n) is 4.26. The molecule has 0 radical (unpaired) electrons. The lowest BCUT2D eigenvalue weighted by atomic mass is 10.0. The van der Waals surface area contributed by atoms with Crippen molar-refractivity contribution in [2.75, 3.05) is 0 Å². The number of hydrogen-bond acceptors (Lipinski definition) is 1. The van der Waals surface area contributed by atoms with Crippen LogP contribution in [0.25, 0.3) is 43.8 Å². The predicted octanol–water partition coefficient (Wildman–Crippen LogP) is 5.04. The third kappa shape index (κ3) is 1.15. The summed E-state index contributed by atoms with van der Waals surface area (Å²) in [6.07, 6.45) is 3.80. The summed E-state index contributed by atoms with van der Waals surface area (Å²) in [7, 11) is 0. The van der Waals surface area contributed by atoms with Gasteiger partial charge in [0.25, 0.3) is 0 Å². The average molecular weight is 253 g/mol. The van der Waals surface area contributed by atoms with Crippen LogP contribution < -0.4 is 0 Å². The number of benzene rings is 3. The zero-order valence-corrected chi connectivity index (χ0v) is 10.8. The molecule has 1 heteroatoms. The van der Waals surface area contributed by atoms with Gasteiger partial charge in [-0.2, -0.15) is 0 Å². The Bertz CT molecular complexity index is 922. The molecule has 1 aromatic heterocycles. The first kappa shape index (κ1) is 10.2. The van der Waals surface area contributed by atoms with Crippen LogP contribution in [0.2, 0.25) is 0 Å². The Morgan fingerprint density at radius 2 is 1.30 bits per heavy atom. The zero-order valence-electron chi connectivity index (χ0n) is 10.8. The Hall–Kier alpha value is -2.67. The van der Waals surface area contributed by atoms with Gasteiger partial charge in [-0.05, 0) is 56.6 Å². The Balaban J connectivity index is 2.02. The lowest BCUT2D eigenvalue weighted by Crippen LogP contribution is -1.80. The number of pyridine rings is 1. The monoisotopic (exact) mass is 253 g/mol. The second-order valence-electron chi connectivity index (χ2n) is 5.33. The zero-order chi connectivity index (χ0) is 13.1. The first-order valence-electron chi connectivity index (χ1n) is 6.82. The molecule has 1 heterocycles. The highest BCUT2D eigenvalue weighted by Crippen LogP contribution is 2.48. The minimum absolute atomic E-state index is 1.20. The summed E-state index contributed by atoms with van der Waals surface area (Å²) in [5.74, 6) is 0. The smallest absolute Gasteiger partial charge is 0.0346 e. The Labute approximate surface area is 116 Å². The molecular weight excluding hydrogens is 242 g/mol. The van der Waals surface area contributed by atoms with Gasteiger partial charge in [0.1, 0.15) is 0 Å². The van der Waals surface area contributed by atoms with Crippen molar-refractivity contribution in [3.63, 3.8) is 0 Å². The Kier molecular flexibility index (Phi) is 1.75. The Morgan fingerprint density at radius 3 is 2.05 bits per heavy atom. The second-order valence-corrected chi connectivity index (χ2v) is 5.33. The highest BCUT2D eigenvalue weighted by atomic mass is 14.6. The molecule has 0 N–H and O–H groups in total. The number of nitrogens with zero attached hydrogens (tertiary/aromatic N) is 1. The molecule has 0 saturated heterocycles. The quantitative estimate of drug-likeness (QED) is 0.377. The normalized spacial score (nSPS) is 12.0. The fourth-order valence-electron chi connectivity index (χ4n) is 3.37. The molecule has 0 aliphatic heterocycles. The van der Waals surface area contributed by atoms with Crippen LogP contribution in [0.3, 0.4) is 0 Å². The van der Waals surface area contributed by atoms with E-state index in [1.165, 1.54) is 43.8 Å². The summed E-state index contributed by atoms with van der Waals surface area (Å²) in [5, 5.41) is 5.16. The van der Waals surface area contributed by atoms with Crippen LogP contribution in [0.15, 0.2) is 67.0 Å². The van der Waals surface area contributed by atoms with Crippen molar-refractivity contribution in [1.29, 1.82) is 0 Å². The maximum absolute atomic E-state index is 4.24. The molecule has 0 saturated carbocycles. The van der Waals surface area contributed by atoms with E-state index in [2.05, 4.69) is 59.6 Å². The summed E-state index contributed by atoms with van der Waals surface area (Å²) >= 11 is 0. The molecule has 92 valence electrons. The van der Waals surface area contributed by atoms with E-state index >= 15 is 0 Å². The molecule has 1 nitrogen and oxygen atoms in total. The highest BCUT2D eigenvalue weighted by Gasteiger charge is 2.21. The molecule has 5 rings (SSSR count). The molecule has 1 aliphatic carbocycles. The minimum atomic E-state index is 1.20. The minimum Gasteiger partial charge on any atom is -0.264 e. The van der Waals surface area contributed by atoms with E-state index in [9.17, 15) is 0 Å². The van der Waals surface area contributed by atoms with Crippen LogP contribution in [-0.2, 0) is 0 Å². The van der Waals surface area contributed by atoms with Gasteiger partial charge >= 0.3 is 0 Å². The lowest BCUT2D eigenvalue weighted by Gasteiger charge is -2.04. The van der Waals surface area contributed by atoms with Crippen LogP contribution >= 0.6 is 0 Å². The van der Waals surface area contributed by atoms with E-state index in [0.717, 1.165) is 0 Å². The van der Waals surface area contributed by atoms with Gasteiger partial charge in [-0.15, -0.1) is 0 Å². The van der Waals surface area contributed by atoms with Crippen LogP contribution in [0, 0.1) is 0 Å². The van der Waals surface area contributed by atoms with Crippen molar-refractivity contribution in [2.24, 2.45) is 0 Å². The molecule has 3 aromatic carbocycles. The van der Waals surface area contributed by atoms with Crippen molar-refractivity contribution in [2.45, 2.75) is 0 Å². The largest absolute Gasteiger partial charge is 0.264 e. The van der Waals surface area contributed by atoms with E-state index < -0.39 is 0 Å². The maximum Gasteiger partial charge on any atom is 0.0346 e. The fraction of sp³-hybridized carbons (Fsp3) is 0. The van der Waals surface area contributed by atoms with E-state index in [4.69, 9.17) is 0 Å². The number of fused-ring (bicyclic) bond motifs is 4. The van der Waals surface area contributed by atoms with Crippen LogP contribution in [0.4, 0.5) is 0 Å². The first-order chi connectivity index (χ1) is 9.92. The van der Waals surface area contributed by atoms with Gasteiger partial charge in [0.05, 0.1) is 0 Å². The highest BCUT2D eigenvalue weighted by molar-refractivity contribution is 6.17. The standard InChI is InChI=1S/C19H11N/c1-3-12-4-2-6-16-18-10-14-11-20-8-7-13(14)9-17(18)15(5-1)19(12)16/h1-11H. The lowest BCUT2D eigenvalue weighted by molar-refractivity contribution is 1.36. The molecular formula is C19H11N. The summed E-state index contributed by atoms with van der Waals surface area (Å²) in [4.78, 5) is 4.24. The van der Waals surface area contributed by atoms with Gasteiger partial charge < -0.3 is 0 Å². The van der Waals surface area contributed by atoms with Gasteiger partial charge in [0.2, 0.25) is 0 Å².